The third kappa shape index (κ3) is 6.07. The number of hydrogen-bond acceptors (Lipinski definition) is 6. The summed E-state index contributed by atoms with van der Waals surface area (Å²) in [5.74, 6) is 1.42. The fraction of sp³-hybridized carbons (Fsp3) is 0.786. The maximum Gasteiger partial charge on any atom is 0.230 e. The number of nitrogens with one attached hydrogen (secondary N) is 1. The van der Waals surface area contributed by atoms with Crippen molar-refractivity contribution in [3.05, 3.63) is 4.88 Å². The van der Waals surface area contributed by atoms with Gasteiger partial charge in [-0.25, -0.2) is 0 Å². The van der Waals surface area contributed by atoms with E-state index in [1.54, 1.807) is 18.4 Å². The molecule has 5 nitrogen and oxygen atoms in total. The van der Waals surface area contributed by atoms with Crippen molar-refractivity contribution >= 4 is 16.5 Å². The van der Waals surface area contributed by atoms with Crippen LogP contribution in [0.4, 0.5) is 5.13 Å². The van der Waals surface area contributed by atoms with Crippen LogP contribution < -0.4 is 15.0 Å². The van der Waals surface area contributed by atoms with E-state index in [0.29, 0.717) is 11.8 Å². The van der Waals surface area contributed by atoms with Gasteiger partial charge in [0.2, 0.25) is 5.88 Å². The van der Waals surface area contributed by atoms with E-state index in [0.717, 1.165) is 42.7 Å². The van der Waals surface area contributed by atoms with Crippen LogP contribution in [0.2, 0.25) is 0 Å². The Kier molecular flexibility index (Phi) is 7.87. The molecule has 116 valence electrons. The van der Waals surface area contributed by atoms with E-state index < -0.39 is 0 Å². The van der Waals surface area contributed by atoms with E-state index in [1.165, 1.54) is 0 Å². The van der Waals surface area contributed by atoms with Crippen molar-refractivity contribution in [2.45, 2.75) is 26.8 Å². The molecule has 0 aliphatic heterocycles. The second-order valence-corrected chi connectivity index (χ2v) is 6.36. The van der Waals surface area contributed by atoms with E-state index in [-0.39, 0.29) is 0 Å². The van der Waals surface area contributed by atoms with Gasteiger partial charge in [0.25, 0.3) is 0 Å². The first-order valence-electron chi connectivity index (χ1n) is 7.04. The molecular weight excluding hydrogens is 274 g/mol. The Bertz CT molecular complexity index is 380. The Balaban J connectivity index is 2.24. The maximum atomic E-state index is 5.57. The van der Waals surface area contributed by atoms with E-state index >= 15 is 0 Å². The van der Waals surface area contributed by atoms with Crippen LogP contribution in [0.15, 0.2) is 0 Å². The molecule has 0 saturated heterocycles. The lowest BCUT2D eigenvalue weighted by molar-refractivity contribution is 0.125. The van der Waals surface area contributed by atoms with Gasteiger partial charge in [-0.15, -0.1) is 0 Å². The Morgan fingerprint density at radius 1 is 1.30 bits per heavy atom. The monoisotopic (exact) mass is 301 g/mol. The van der Waals surface area contributed by atoms with Crippen molar-refractivity contribution in [2.24, 2.45) is 5.92 Å². The third-order valence-corrected chi connectivity index (χ3v) is 3.98. The van der Waals surface area contributed by atoms with Gasteiger partial charge in [-0.05, 0) is 12.3 Å². The van der Waals surface area contributed by atoms with E-state index in [2.05, 4.69) is 24.1 Å². The number of methoxy groups -OCH3 is 1. The number of anilines is 1. The van der Waals surface area contributed by atoms with Crippen LogP contribution in [0.25, 0.3) is 0 Å². The molecule has 0 spiro atoms. The summed E-state index contributed by atoms with van der Waals surface area (Å²) in [6.07, 6.45) is 1.12. The molecule has 0 aliphatic rings. The Labute approximate surface area is 126 Å². The molecule has 1 N–H and O–H groups in total. The van der Waals surface area contributed by atoms with Crippen LogP contribution in [-0.4, -0.2) is 45.9 Å². The highest BCUT2D eigenvalue weighted by molar-refractivity contribution is 7.15. The van der Waals surface area contributed by atoms with Crippen LogP contribution >= 0.6 is 11.3 Å². The van der Waals surface area contributed by atoms with Gasteiger partial charge >= 0.3 is 0 Å². The van der Waals surface area contributed by atoms with Crippen molar-refractivity contribution < 1.29 is 9.47 Å². The lowest BCUT2D eigenvalue weighted by Gasteiger charge is -2.07. The summed E-state index contributed by atoms with van der Waals surface area (Å²) in [5.41, 5.74) is 0. The predicted octanol–water partition coefficient (Wildman–Crippen LogP) is 2.37. The number of rotatable bonds is 10. The molecule has 6 heteroatoms. The first-order chi connectivity index (χ1) is 9.54. The molecule has 1 heterocycles. The molecule has 0 amide bonds. The molecule has 0 aromatic carbocycles. The average molecular weight is 301 g/mol. The summed E-state index contributed by atoms with van der Waals surface area (Å²) >= 11 is 1.65. The largest absolute Gasteiger partial charge is 0.480 e. The number of aromatic nitrogens is 1. The van der Waals surface area contributed by atoms with E-state index in [1.807, 2.05) is 19.0 Å². The molecule has 0 bridgehead atoms. The van der Waals surface area contributed by atoms with Gasteiger partial charge in [0, 0.05) is 33.8 Å². The van der Waals surface area contributed by atoms with Crippen LogP contribution in [0.3, 0.4) is 0 Å². The van der Waals surface area contributed by atoms with Gasteiger partial charge in [-0.2, -0.15) is 4.98 Å². The maximum absolute atomic E-state index is 5.57. The van der Waals surface area contributed by atoms with Gasteiger partial charge in [0.1, 0.15) is 0 Å². The minimum atomic E-state index is 0.703. The zero-order valence-corrected chi connectivity index (χ0v) is 14.0. The second-order valence-electron chi connectivity index (χ2n) is 5.29. The molecule has 20 heavy (non-hydrogen) atoms. The summed E-state index contributed by atoms with van der Waals surface area (Å²) in [4.78, 5) is 7.54. The van der Waals surface area contributed by atoms with Gasteiger partial charge < -0.3 is 19.7 Å². The zero-order chi connectivity index (χ0) is 15.0. The summed E-state index contributed by atoms with van der Waals surface area (Å²) in [6, 6.07) is 0. The van der Waals surface area contributed by atoms with Gasteiger partial charge in [0.15, 0.2) is 5.13 Å². The highest BCUT2D eigenvalue weighted by Crippen LogP contribution is 2.29. The number of thiazole rings is 1. The molecule has 0 aliphatic carbocycles. The predicted molar refractivity (Wildman–Crippen MR) is 85.0 cm³/mol. The Hall–Kier alpha value is -0.850. The molecule has 0 unspecified atom stereocenters. The molecule has 0 fully saturated rings. The molecule has 0 atom stereocenters. The summed E-state index contributed by atoms with van der Waals surface area (Å²) in [5, 5.41) is 4.33. The van der Waals surface area contributed by atoms with E-state index in [4.69, 9.17) is 9.47 Å². The highest BCUT2D eigenvalue weighted by atomic mass is 32.1. The molecule has 0 radical (unpaired) electrons. The standard InChI is InChI=1S/C14H27N3O2S/c1-11(2)6-8-19-9-7-15-10-12-13(18-5)16-14(20-12)17(3)4/h11,15H,6-10H2,1-5H3. The molecule has 0 saturated carbocycles. The lowest BCUT2D eigenvalue weighted by Crippen LogP contribution is -2.19. The van der Waals surface area contributed by atoms with Gasteiger partial charge in [0.05, 0.1) is 18.6 Å². The first kappa shape index (κ1) is 17.2. The first-order valence-corrected chi connectivity index (χ1v) is 7.85. The summed E-state index contributed by atoms with van der Waals surface area (Å²) < 4.78 is 10.9. The second kappa shape index (κ2) is 9.15. The summed E-state index contributed by atoms with van der Waals surface area (Å²) in [7, 11) is 5.63. The van der Waals surface area contributed by atoms with Crippen molar-refractivity contribution in [2.75, 3.05) is 45.9 Å². The van der Waals surface area contributed by atoms with E-state index in [9.17, 15) is 0 Å². The van der Waals surface area contributed by atoms with Crippen LogP contribution in [-0.2, 0) is 11.3 Å². The van der Waals surface area contributed by atoms with Crippen LogP contribution in [0.1, 0.15) is 25.1 Å². The third-order valence-electron chi connectivity index (χ3n) is 2.77. The average Bonchev–Trinajstić information content (AvgIpc) is 2.80. The van der Waals surface area contributed by atoms with Crippen molar-refractivity contribution in [3.8, 4) is 5.88 Å². The van der Waals surface area contributed by atoms with Crippen LogP contribution in [0, 0.1) is 5.92 Å². The minimum Gasteiger partial charge on any atom is -0.480 e. The Morgan fingerprint density at radius 2 is 2.05 bits per heavy atom. The van der Waals surface area contributed by atoms with Crippen molar-refractivity contribution in [3.63, 3.8) is 0 Å². The summed E-state index contributed by atoms with van der Waals surface area (Å²) in [6.45, 7) is 7.61. The quantitative estimate of drug-likeness (QED) is 0.672. The molecule has 1 rings (SSSR count). The smallest absolute Gasteiger partial charge is 0.230 e. The fourth-order valence-corrected chi connectivity index (χ4v) is 2.48. The topological polar surface area (TPSA) is 46.6 Å². The molecule has 1 aromatic rings. The lowest BCUT2D eigenvalue weighted by atomic mass is 10.1. The SMILES string of the molecule is COc1nc(N(C)C)sc1CNCCOCCC(C)C. The van der Waals surface area contributed by atoms with Gasteiger partial charge in [-0.1, -0.05) is 25.2 Å². The highest BCUT2D eigenvalue weighted by Gasteiger charge is 2.12. The number of hydrogen-bond donors (Lipinski definition) is 1. The van der Waals surface area contributed by atoms with Crippen LogP contribution in [0.5, 0.6) is 5.88 Å². The minimum absolute atomic E-state index is 0.703. The van der Waals surface area contributed by atoms with Crippen molar-refractivity contribution in [1.29, 1.82) is 0 Å². The normalized spacial score (nSPS) is 11.1. The number of nitrogens with zero attached hydrogens (tertiary/aromatic N) is 2. The Morgan fingerprint density at radius 3 is 2.65 bits per heavy atom. The fourth-order valence-electron chi connectivity index (χ4n) is 1.56. The van der Waals surface area contributed by atoms with Gasteiger partial charge in [-0.3, -0.25) is 0 Å². The zero-order valence-electron chi connectivity index (χ0n) is 13.2. The number of ether oxygens (including phenoxy) is 2. The van der Waals surface area contributed by atoms with Crippen molar-refractivity contribution in [1.82, 2.24) is 10.3 Å². The molecular formula is C14H27N3O2S. The molecule has 1 aromatic heterocycles.